The van der Waals surface area contributed by atoms with Gasteiger partial charge in [0.1, 0.15) is 0 Å². The fourth-order valence-corrected chi connectivity index (χ4v) is 3.19. The van der Waals surface area contributed by atoms with Gasteiger partial charge in [0.25, 0.3) is 5.91 Å². The molecule has 5 nitrogen and oxygen atoms in total. The van der Waals surface area contributed by atoms with Crippen molar-refractivity contribution < 1.29 is 9.59 Å². The highest BCUT2D eigenvalue weighted by Gasteiger charge is 2.38. The Morgan fingerprint density at radius 3 is 2.59 bits per heavy atom. The topological polar surface area (TPSA) is 61.8 Å². The van der Waals surface area contributed by atoms with E-state index in [0.717, 1.165) is 17.5 Å². The lowest BCUT2D eigenvalue weighted by Gasteiger charge is -2.31. The predicted molar refractivity (Wildman–Crippen MR) is 112 cm³/mol. The highest BCUT2D eigenvalue weighted by Crippen LogP contribution is 2.25. The predicted octanol–water partition coefficient (Wildman–Crippen LogP) is 3.98. The molecule has 0 aromatic heterocycles. The van der Waals surface area contributed by atoms with Crippen molar-refractivity contribution in [1.82, 2.24) is 5.32 Å². The molecule has 3 rings (SSSR count). The number of benzene rings is 2. The van der Waals surface area contributed by atoms with Crippen LogP contribution in [0, 0.1) is 12.8 Å². The van der Waals surface area contributed by atoms with Gasteiger partial charge in [0.2, 0.25) is 5.91 Å². The van der Waals surface area contributed by atoms with Crippen LogP contribution in [0.3, 0.4) is 0 Å². The zero-order valence-electron chi connectivity index (χ0n) is 14.9. The van der Waals surface area contributed by atoms with E-state index in [1.165, 1.54) is 11.1 Å². The van der Waals surface area contributed by atoms with Gasteiger partial charge < -0.3 is 5.32 Å². The Kier molecular flexibility index (Phi) is 5.68. The number of hydrogen-bond acceptors (Lipinski definition) is 4. The number of hydrogen-bond donors (Lipinski definition) is 1. The molecule has 1 aliphatic heterocycles. The summed E-state index contributed by atoms with van der Waals surface area (Å²) in [6.07, 6.45) is 2.23. The molecule has 1 fully saturated rings. The lowest BCUT2D eigenvalue weighted by atomic mass is 10.1. The van der Waals surface area contributed by atoms with Gasteiger partial charge in [-0.05, 0) is 61.0 Å². The summed E-state index contributed by atoms with van der Waals surface area (Å²) in [5.74, 6) is -1.99. The van der Waals surface area contributed by atoms with Crippen molar-refractivity contribution in [2.75, 3.05) is 4.90 Å². The zero-order chi connectivity index (χ0) is 19.6. The van der Waals surface area contributed by atoms with Crippen molar-refractivity contribution in [2.24, 2.45) is 10.9 Å². The number of nitrogens with zero attached hydrogens (tertiary/aromatic N) is 2. The van der Waals surface area contributed by atoms with E-state index < -0.39 is 17.7 Å². The van der Waals surface area contributed by atoms with Crippen LogP contribution in [0.1, 0.15) is 18.1 Å². The first-order valence-electron chi connectivity index (χ1n) is 8.48. The van der Waals surface area contributed by atoms with Crippen LogP contribution < -0.4 is 10.2 Å². The Morgan fingerprint density at radius 1 is 1.22 bits per heavy atom. The van der Waals surface area contributed by atoms with Gasteiger partial charge in [0.05, 0.1) is 11.4 Å². The number of aliphatic imine (C=N–C) groups is 1. The molecule has 2 aromatic rings. The van der Waals surface area contributed by atoms with Crippen molar-refractivity contribution >= 4 is 58.3 Å². The lowest BCUT2D eigenvalue weighted by Crippen LogP contribution is -2.58. The summed E-state index contributed by atoms with van der Waals surface area (Å²) in [5.41, 5.74) is 3.25. The summed E-state index contributed by atoms with van der Waals surface area (Å²) in [6, 6.07) is 12.8. The van der Waals surface area contributed by atoms with Crippen molar-refractivity contribution in [1.29, 1.82) is 0 Å². The average molecular weight is 400 g/mol. The fourth-order valence-electron chi connectivity index (χ4n) is 2.72. The van der Waals surface area contributed by atoms with Crippen LogP contribution in [0.5, 0.6) is 0 Å². The van der Waals surface area contributed by atoms with Gasteiger partial charge in [-0.1, -0.05) is 36.7 Å². The molecule has 0 radical (unpaired) electrons. The van der Waals surface area contributed by atoms with E-state index in [2.05, 4.69) is 17.2 Å². The third-order valence-electron chi connectivity index (χ3n) is 4.34. The van der Waals surface area contributed by atoms with E-state index >= 15 is 0 Å². The number of aryl methyl sites for hydroxylation is 2. The summed E-state index contributed by atoms with van der Waals surface area (Å²) in [7, 11) is 0. The maximum absolute atomic E-state index is 12.9. The van der Waals surface area contributed by atoms with Gasteiger partial charge in [0.15, 0.2) is 11.0 Å². The molecule has 1 heterocycles. The summed E-state index contributed by atoms with van der Waals surface area (Å²) >= 11 is 11.2. The number of nitrogens with one attached hydrogen (secondary N) is 1. The highest BCUT2D eigenvalue weighted by atomic mass is 35.5. The molecule has 138 valence electrons. The van der Waals surface area contributed by atoms with E-state index in [1.807, 2.05) is 37.3 Å². The SMILES string of the molecule is CCc1ccc(N2C(=O)[C@@H](C=Nc3cc(Cl)ccc3C)C(=O)NC2=S)cc1. The second-order valence-electron chi connectivity index (χ2n) is 6.17. The number of thiocarbonyl (C=S) groups is 1. The number of carbonyl (C=O) groups excluding carboxylic acids is 2. The standard InChI is InChI=1S/C20H18ClN3O2S/c1-3-13-5-8-15(9-6-13)24-19(26)16(18(25)23-20(24)27)11-22-17-10-14(21)7-4-12(17)2/h4-11,16H,3H2,1-2H3,(H,23,25,27)/t16-/m0/s1. The normalized spacial score (nSPS) is 17.5. The third-order valence-corrected chi connectivity index (χ3v) is 4.86. The van der Waals surface area contributed by atoms with Gasteiger partial charge in [-0.2, -0.15) is 0 Å². The van der Waals surface area contributed by atoms with Crippen LogP contribution in [0.4, 0.5) is 11.4 Å². The Balaban J connectivity index is 1.90. The molecule has 1 aliphatic rings. The lowest BCUT2D eigenvalue weighted by molar-refractivity contribution is -0.130. The summed E-state index contributed by atoms with van der Waals surface area (Å²) in [4.78, 5) is 30.9. The number of anilines is 1. The summed E-state index contributed by atoms with van der Waals surface area (Å²) < 4.78 is 0. The Hall–Kier alpha value is -2.57. The first-order chi connectivity index (χ1) is 12.9. The second-order valence-corrected chi connectivity index (χ2v) is 7.00. The van der Waals surface area contributed by atoms with Crippen LogP contribution in [0.2, 0.25) is 5.02 Å². The Bertz CT molecular complexity index is 941. The minimum absolute atomic E-state index is 0.0674. The zero-order valence-corrected chi connectivity index (χ0v) is 16.5. The van der Waals surface area contributed by atoms with Gasteiger partial charge in [0, 0.05) is 11.2 Å². The molecule has 2 aromatic carbocycles. The number of carbonyl (C=O) groups is 2. The highest BCUT2D eigenvalue weighted by molar-refractivity contribution is 7.80. The van der Waals surface area contributed by atoms with Gasteiger partial charge in [-0.3, -0.25) is 19.5 Å². The monoisotopic (exact) mass is 399 g/mol. The molecule has 2 amide bonds. The van der Waals surface area contributed by atoms with Crippen molar-refractivity contribution in [2.45, 2.75) is 20.3 Å². The fraction of sp³-hybridized carbons (Fsp3) is 0.200. The van der Waals surface area contributed by atoms with E-state index in [1.54, 1.807) is 12.1 Å². The first-order valence-corrected chi connectivity index (χ1v) is 9.27. The number of halogens is 1. The first kappa shape index (κ1) is 19.2. The molecule has 0 unspecified atom stereocenters. The number of amides is 2. The molecule has 7 heteroatoms. The van der Waals surface area contributed by atoms with E-state index in [-0.39, 0.29) is 5.11 Å². The molecule has 0 saturated carbocycles. The molecular formula is C20H18ClN3O2S. The van der Waals surface area contributed by atoms with Crippen LogP contribution in [-0.4, -0.2) is 23.1 Å². The van der Waals surface area contributed by atoms with E-state index in [0.29, 0.717) is 16.4 Å². The third kappa shape index (κ3) is 4.07. The average Bonchev–Trinajstić information content (AvgIpc) is 2.64. The molecule has 0 spiro atoms. The molecular weight excluding hydrogens is 382 g/mol. The smallest absolute Gasteiger partial charge is 0.251 e. The molecule has 27 heavy (non-hydrogen) atoms. The number of rotatable bonds is 4. The van der Waals surface area contributed by atoms with E-state index in [9.17, 15) is 9.59 Å². The maximum Gasteiger partial charge on any atom is 0.251 e. The molecule has 1 atom stereocenters. The van der Waals surface area contributed by atoms with Gasteiger partial charge >= 0.3 is 0 Å². The minimum Gasteiger partial charge on any atom is -0.301 e. The van der Waals surface area contributed by atoms with Crippen molar-refractivity contribution in [3.05, 3.63) is 58.6 Å². The summed E-state index contributed by atoms with van der Waals surface area (Å²) in [5, 5.41) is 3.18. The largest absolute Gasteiger partial charge is 0.301 e. The van der Waals surface area contributed by atoms with Crippen molar-refractivity contribution in [3.8, 4) is 0 Å². The molecule has 0 bridgehead atoms. The minimum atomic E-state index is -1.07. The summed E-state index contributed by atoms with van der Waals surface area (Å²) in [6.45, 7) is 3.93. The van der Waals surface area contributed by atoms with Crippen LogP contribution in [0.25, 0.3) is 0 Å². The van der Waals surface area contributed by atoms with E-state index in [4.69, 9.17) is 23.8 Å². The Labute approximate surface area is 168 Å². The molecule has 1 saturated heterocycles. The van der Waals surface area contributed by atoms with Crippen LogP contribution in [-0.2, 0) is 16.0 Å². The van der Waals surface area contributed by atoms with Gasteiger partial charge in [-0.25, -0.2) is 0 Å². The Morgan fingerprint density at radius 2 is 1.93 bits per heavy atom. The van der Waals surface area contributed by atoms with Gasteiger partial charge in [-0.15, -0.1) is 0 Å². The second kappa shape index (κ2) is 7.98. The van der Waals surface area contributed by atoms with Crippen molar-refractivity contribution in [3.63, 3.8) is 0 Å². The maximum atomic E-state index is 12.9. The molecule has 0 aliphatic carbocycles. The molecule has 1 N–H and O–H groups in total. The van der Waals surface area contributed by atoms with Crippen LogP contribution in [0.15, 0.2) is 47.5 Å². The van der Waals surface area contributed by atoms with Crippen LogP contribution >= 0.6 is 23.8 Å². The quantitative estimate of drug-likeness (QED) is 0.480.